The lowest BCUT2D eigenvalue weighted by Crippen LogP contribution is -2.42. The quantitative estimate of drug-likeness (QED) is 0.573. The summed E-state index contributed by atoms with van der Waals surface area (Å²) in [7, 11) is 1.68. The Morgan fingerprint density at radius 2 is 1.90 bits per heavy atom. The van der Waals surface area contributed by atoms with Crippen LogP contribution in [0.25, 0.3) is 11.1 Å². The molecule has 2 aromatic carbocycles. The topological polar surface area (TPSA) is 54.5 Å². The van der Waals surface area contributed by atoms with Crippen LogP contribution >= 0.6 is 11.3 Å². The first-order valence-electron chi connectivity index (χ1n) is 10.7. The Kier molecular flexibility index (Phi) is 6.99. The van der Waals surface area contributed by atoms with Gasteiger partial charge < -0.3 is 10.1 Å². The van der Waals surface area contributed by atoms with Gasteiger partial charge in [-0.3, -0.25) is 9.69 Å². The summed E-state index contributed by atoms with van der Waals surface area (Å²) in [5, 5.41) is 6.13. The molecular formula is C25H29N3O2S. The van der Waals surface area contributed by atoms with Crippen LogP contribution in [0.1, 0.15) is 36.4 Å². The fraction of sp³-hybridized carbons (Fsp3) is 0.360. The van der Waals surface area contributed by atoms with Gasteiger partial charge >= 0.3 is 0 Å². The fourth-order valence-electron chi connectivity index (χ4n) is 4.34. The number of nitrogens with zero attached hydrogens (tertiary/aromatic N) is 2. The maximum absolute atomic E-state index is 11.8. The number of rotatable bonds is 7. The highest BCUT2D eigenvalue weighted by molar-refractivity contribution is 7.09. The van der Waals surface area contributed by atoms with E-state index in [2.05, 4.69) is 51.6 Å². The minimum Gasteiger partial charge on any atom is -0.497 e. The van der Waals surface area contributed by atoms with Gasteiger partial charge in [0.25, 0.3) is 0 Å². The number of ether oxygens (including phenoxy) is 1. The summed E-state index contributed by atoms with van der Waals surface area (Å²) >= 11 is 1.62. The second-order valence-electron chi connectivity index (χ2n) is 8.11. The van der Waals surface area contributed by atoms with Crippen molar-refractivity contribution in [2.24, 2.45) is 5.92 Å². The Bertz CT molecular complexity index is 971. The largest absolute Gasteiger partial charge is 0.497 e. The number of thiazole rings is 1. The van der Waals surface area contributed by atoms with Gasteiger partial charge in [-0.25, -0.2) is 4.98 Å². The van der Waals surface area contributed by atoms with E-state index in [4.69, 9.17) is 4.74 Å². The third kappa shape index (κ3) is 5.51. The molecule has 2 heterocycles. The first kappa shape index (κ1) is 21.5. The van der Waals surface area contributed by atoms with Gasteiger partial charge in [0, 0.05) is 31.6 Å². The number of hydrogen-bond donors (Lipinski definition) is 1. The lowest BCUT2D eigenvalue weighted by molar-refractivity contribution is -0.120. The van der Waals surface area contributed by atoms with E-state index in [1.807, 2.05) is 23.7 Å². The maximum Gasteiger partial charge on any atom is 0.217 e. The molecule has 4 rings (SSSR count). The van der Waals surface area contributed by atoms with Gasteiger partial charge in [-0.05, 0) is 54.1 Å². The molecular weight excluding hydrogens is 406 g/mol. The van der Waals surface area contributed by atoms with Crippen LogP contribution < -0.4 is 10.1 Å². The van der Waals surface area contributed by atoms with Crippen molar-refractivity contribution in [1.82, 2.24) is 15.2 Å². The molecule has 1 fully saturated rings. The first-order valence-corrected chi connectivity index (χ1v) is 11.6. The lowest BCUT2D eigenvalue weighted by Gasteiger charge is -2.36. The number of carbonyl (C=O) groups excluding carboxylic acids is 1. The second kappa shape index (κ2) is 10.1. The molecule has 0 radical (unpaired) electrons. The maximum atomic E-state index is 11.8. The molecule has 1 N–H and O–H groups in total. The van der Waals surface area contributed by atoms with E-state index in [0.29, 0.717) is 5.92 Å². The number of benzene rings is 2. The molecule has 1 aliphatic rings. The van der Waals surface area contributed by atoms with Crippen LogP contribution in [0.3, 0.4) is 0 Å². The Morgan fingerprint density at radius 3 is 2.52 bits per heavy atom. The number of hydrogen-bond acceptors (Lipinski definition) is 5. The predicted molar refractivity (Wildman–Crippen MR) is 125 cm³/mol. The first-order chi connectivity index (χ1) is 15.1. The fourth-order valence-corrected chi connectivity index (χ4v) is 5.12. The normalized spacial score (nSPS) is 17.8. The Labute approximate surface area is 188 Å². The molecule has 1 amide bonds. The van der Waals surface area contributed by atoms with E-state index < -0.39 is 0 Å². The molecule has 162 valence electrons. The molecule has 1 saturated heterocycles. The predicted octanol–water partition coefficient (Wildman–Crippen LogP) is 4.91. The van der Waals surface area contributed by atoms with Crippen LogP contribution in [0, 0.1) is 5.92 Å². The van der Waals surface area contributed by atoms with Crippen molar-refractivity contribution in [2.45, 2.75) is 32.4 Å². The number of piperidine rings is 1. The molecule has 0 aliphatic carbocycles. The van der Waals surface area contributed by atoms with Crippen LogP contribution in [0.2, 0.25) is 0 Å². The Balaban J connectivity index is 1.41. The van der Waals surface area contributed by atoms with E-state index >= 15 is 0 Å². The van der Waals surface area contributed by atoms with Crippen molar-refractivity contribution in [3.8, 4) is 16.9 Å². The van der Waals surface area contributed by atoms with Crippen molar-refractivity contribution in [2.75, 3.05) is 20.2 Å². The van der Waals surface area contributed by atoms with Crippen LogP contribution in [-0.4, -0.2) is 36.0 Å². The highest BCUT2D eigenvalue weighted by Crippen LogP contribution is 2.32. The van der Waals surface area contributed by atoms with Crippen LogP contribution in [0.4, 0.5) is 0 Å². The van der Waals surface area contributed by atoms with E-state index in [-0.39, 0.29) is 11.9 Å². The molecule has 31 heavy (non-hydrogen) atoms. The zero-order valence-electron chi connectivity index (χ0n) is 18.1. The Morgan fingerprint density at radius 1 is 1.19 bits per heavy atom. The summed E-state index contributed by atoms with van der Waals surface area (Å²) in [4.78, 5) is 18.8. The van der Waals surface area contributed by atoms with Gasteiger partial charge in [0.15, 0.2) is 0 Å². The van der Waals surface area contributed by atoms with Gasteiger partial charge in [0.2, 0.25) is 5.91 Å². The third-order valence-corrected chi connectivity index (χ3v) is 6.73. The van der Waals surface area contributed by atoms with Crippen molar-refractivity contribution < 1.29 is 9.53 Å². The monoisotopic (exact) mass is 435 g/mol. The SMILES string of the molecule is COc1ccc(-c2ccc(CN3CCCC(C(NC(C)=O)c4nccs4)C3)cc2)cc1. The summed E-state index contributed by atoms with van der Waals surface area (Å²) < 4.78 is 5.25. The number of methoxy groups -OCH3 is 1. The van der Waals surface area contributed by atoms with E-state index in [1.54, 1.807) is 25.4 Å². The van der Waals surface area contributed by atoms with Crippen molar-refractivity contribution in [1.29, 1.82) is 0 Å². The minimum atomic E-state index is -0.00209. The molecule has 2 atom stereocenters. The van der Waals surface area contributed by atoms with Gasteiger partial charge in [-0.15, -0.1) is 11.3 Å². The summed E-state index contributed by atoms with van der Waals surface area (Å²) in [6.07, 6.45) is 4.06. The third-order valence-electron chi connectivity index (χ3n) is 5.87. The van der Waals surface area contributed by atoms with Crippen molar-refractivity contribution in [3.63, 3.8) is 0 Å². The Hall–Kier alpha value is -2.70. The summed E-state index contributed by atoms with van der Waals surface area (Å²) in [6, 6.07) is 17.0. The molecule has 1 aliphatic heterocycles. The number of carbonyl (C=O) groups is 1. The number of amides is 1. The van der Waals surface area contributed by atoms with Crippen LogP contribution in [0.15, 0.2) is 60.1 Å². The average Bonchev–Trinajstić information content (AvgIpc) is 3.33. The average molecular weight is 436 g/mol. The number of likely N-dealkylation sites (tertiary alicyclic amines) is 1. The summed E-state index contributed by atoms with van der Waals surface area (Å²) in [5.74, 6) is 1.25. The molecule has 5 nitrogen and oxygen atoms in total. The van der Waals surface area contributed by atoms with Crippen molar-refractivity contribution in [3.05, 3.63) is 70.7 Å². The van der Waals surface area contributed by atoms with E-state index in [0.717, 1.165) is 43.2 Å². The van der Waals surface area contributed by atoms with Crippen LogP contribution in [0.5, 0.6) is 5.75 Å². The minimum absolute atomic E-state index is 0.00209. The molecule has 3 aromatic rings. The second-order valence-corrected chi connectivity index (χ2v) is 9.04. The summed E-state index contributed by atoms with van der Waals surface area (Å²) in [5.41, 5.74) is 3.70. The molecule has 0 spiro atoms. The molecule has 0 bridgehead atoms. The van der Waals surface area contributed by atoms with E-state index in [1.165, 1.54) is 16.7 Å². The smallest absolute Gasteiger partial charge is 0.217 e. The standard InChI is InChI=1S/C25H29N3O2S/c1-18(29)27-24(25-26-13-15-31-25)22-4-3-14-28(17-22)16-19-5-7-20(8-6-19)21-9-11-23(30-2)12-10-21/h5-13,15,22,24H,3-4,14,16-17H2,1-2H3,(H,27,29). The zero-order valence-corrected chi connectivity index (χ0v) is 18.9. The van der Waals surface area contributed by atoms with Crippen molar-refractivity contribution >= 4 is 17.2 Å². The van der Waals surface area contributed by atoms with Gasteiger partial charge in [-0.1, -0.05) is 36.4 Å². The zero-order chi connectivity index (χ0) is 21.6. The summed E-state index contributed by atoms with van der Waals surface area (Å²) in [6.45, 7) is 4.56. The lowest BCUT2D eigenvalue weighted by atomic mass is 9.90. The van der Waals surface area contributed by atoms with Crippen LogP contribution in [-0.2, 0) is 11.3 Å². The van der Waals surface area contributed by atoms with Gasteiger partial charge in [0.05, 0.1) is 13.2 Å². The molecule has 0 saturated carbocycles. The molecule has 1 aromatic heterocycles. The van der Waals surface area contributed by atoms with E-state index in [9.17, 15) is 4.79 Å². The highest BCUT2D eigenvalue weighted by atomic mass is 32.1. The number of aromatic nitrogens is 1. The van der Waals surface area contributed by atoms with Gasteiger partial charge in [0.1, 0.15) is 10.8 Å². The molecule has 2 unspecified atom stereocenters. The highest BCUT2D eigenvalue weighted by Gasteiger charge is 2.30. The molecule has 6 heteroatoms. The number of nitrogens with one attached hydrogen (secondary N) is 1. The van der Waals surface area contributed by atoms with Gasteiger partial charge in [-0.2, -0.15) is 0 Å².